The van der Waals surface area contributed by atoms with E-state index in [0.717, 1.165) is 17.5 Å². The number of hydrogen-bond acceptors (Lipinski definition) is 5. The van der Waals surface area contributed by atoms with Crippen molar-refractivity contribution in [2.45, 2.75) is 46.7 Å². The molecular weight excluding hydrogens is 442 g/mol. The number of benzene rings is 2. The average molecular weight is 474 g/mol. The Bertz CT molecular complexity index is 1320. The van der Waals surface area contributed by atoms with Gasteiger partial charge in [-0.2, -0.15) is 0 Å². The number of carbonyl (C=O) groups is 2. The molecule has 182 valence electrons. The molecule has 0 saturated carbocycles. The van der Waals surface area contributed by atoms with Gasteiger partial charge in [0.1, 0.15) is 23.6 Å². The molecule has 2 amide bonds. The molecule has 0 aliphatic carbocycles. The normalized spacial score (nSPS) is 12.1. The molecule has 0 bridgehead atoms. The van der Waals surface area contributed by atoms with Crippen molar-refractivity contribution < 1.29 is 14.0 Å². The molecule has 0 aliphatic heterocycles. The number of para-hydroxylation sites is 2. The molecule has 0 aliphatic rings. The maximum Gasteiger partial charge on any atom is 0.251 e. The van der Waals surface area contributed by atoms with Crippen LogP contribution >= 0.6 is 0 Å². The summed E-state index contributed by atoms with van der Waals surface area (Å²) in [6, 6.07) is 17.6. The van der Waals surface area contributed by atoms with Gasteiger partial charge < -0.3 is 9.73 Å². The number of aromatic nitrogens is 3. The minimum absolute atomic E-state index is 0.0791. The number of nitrogens with one attached hydrogen (secondary N) is 1. The first-order chi connectivity index (χ1) is 16.8. The third-order valence-electron chi connectivity index (χ3n) is 5.91. The summed E-state index contributed by atoms with van der Waals surface area (Å²) in [4.78, 5) is 29.0. The zero-order valence-corrected chi connectivity index (χ0v) is 20.6. The maximum absolute atomic E-state index is 13.9. The molecule has 0 spiro atoms. The van der Waals surface area contributed by atoms with E-state index in [9.17, 15) is 9.59 Å². The first kappa shape index (κ1) is 24.2. The first-order valence-electron chi connectivity index (χ1n) is 11.8. The van der Waals surface area contributed by atoms with Crippen LogP contribution in [0.1, 0.15) is 43.4 Å². The molecule has 4 rings (SSSR count). The van der Waals surface area contributed by atoms with E-state index >= 15 is 0 Å². The van der Waals surface area contributed by atoms with Gasteiger partial charge in [-0.25, -0.2) is 4.68 Å². The molecule has 0 saturated heterocycles. The van der Waals surface area contributed by atoms with Gasteiger partial charge in [0, 0.05) is 12.2 Å². The van der Waals surface area contributed by atoms with Crippen molar-refractivity contribution in [3.8, 4) is 0 Å². The van der Waals surface area contributed by atoms with E-state index < -0.39 is 6.04 Å². The van der Waals surface area contributed by atoms with Gasteiger partial charge >= 0.3 is 0 Å². The molecule has 0 fully saturated rings. The summed E-state index contributed by atoms with van der Waals surface area (Å²) in [6.07, 6.45) is 0.832. The van der Waals surface area contributed by atoms with Gasteiger partial charge in [0.15, 0.2) is 6.04 Å². The summed E-state index contributed by atoms with van der Waals surface area (Å²) in [5.41, 5.74) is 2.96. The van der Waals surface area contributed by atoms with E-state index in [-0.39, 0.29) is 18.4 Å². The summed E-state index contributed by atoms with van der Waals surface area (Å²) in [7, 11) is 0. The van der Waals surface area contributed by atoms with E-state index in [1.54, 1.807) is 16.8 Å². The van der Waals surface area contributed by atoms with E-state index in [1.807, 2.05) is 62.4 Å². The molecule has 1 unspecified atom stereocenters. The first-order valence-corrected chi connectivity index (χ1v) is 11.8. The molecule has 0 radical (unpaired) electrons. The highest BCUT2D eigenvalue weighted by Crippen LogP contribution is 2.32. The van der Waals surface area contributed by atoms with Crippen LogP contribution in [0.5, 0.6) is 0 Å². The standard InChI is InChI=1S/C27H31N5O3/c1-18(2)15-16-28-27(34)26(24-14-13-20(4)35-24)32(22-11-7-5-9-19(22)3)25(33)17-31-23-12-8-6-10-21(23)29-30-31/h5-14,18,26H,15-17H2,1-4H3,(H,28,34). The van der Waals surface area contributed by atoms with Crippen molar-refractivity contribution in [3.05, 3.63) is 77.7 Å². The Kier molecular flexibility index (Phi) is 7.29. The number of rotatable bonds is 9. The number of hydrogen-bond donors (Lipinski definition) is 1. The lowest BCUT2D eigenvalue weighted by atomic mass is 10.1. The number of amides is 2. The van der Waals surface area contributed by atoms with E-state index in [1.165, 1.54) is 4.90 Å². The second-order valence-electron chi connectivity index (χ2n) is 9.11. The van der Waals surface area contributed by atoms with Crippen LogP contribution in [0.3, 0.4) is 0 Å². The molecule has 35 heavy (non-hydrogen) atoms. The zero-order valence-electron chi connectivity index (χ0n) is 20.6. The predicted molar refractivity (Wildman–Crippen MR) is 135 cm³/mol. The van der Waals surface area contributed by atoms with Crippen molar-refractivity contribution in [1.82, 2.24) is 20.3 Å². The van der Waals surface area contributed by atoms with Crippen LogP contribution in [0.25, 0.3) is 11.0 Å². The fourth-order valence-corrected chi connectivity index (χ4v) is 4.04. The number of carbonyl (C=O) groups excluding carboxylic acids is 2. The molecule has 1 N–H and O–H groups in total. The molecule has 1 atom stereocenters. The van der Waals surface area contributed by atoms with Crippen LogP contribution in [0.2, 0.25) is 0 Å². The van der Waals surface area contributed by atoms with Crippen molar-refractivity contribution in [2.24, 2.45) is 5.92 Å². The van der Waals surface area contributed by atoms with Crippen LogP contribution in [0.4, 0.5) is 5.69 Å². The van der Waals surface area contributed by atoms with Crippen LogP contribution in [0, 0.1) is 19.8 Å². The number of anilines is 1. The highest BCUT2D eigenvalue weighted by Gasteiger charge is 2.36. The van der Waals surface area contributed by atoms with Gasteiger partial charge in [0.2, 0.25) is 5.91 Å². The highest BCUT2D eigenvalue weighted by molar-refractivity contribution is 6.01. The number of aryl methyl sites for hydroxylation is 2. The summed E-state index contributed by atoms with van der Waals surface area (Å²) < 4.78 is 7.46. The highest BCUT2D eigenvalue weighted by atomic mass is 16.3. The maximum atomic E-state index is 13.9. The molecule has 4 aromatic rings. The fraction of sp³-hybridized carbons (Fsp3) is 0.333. The smallest absolute Gasteiger partial charge is 0.251 e. The molecule has 2 aromatic heterocycles. The Hall–Kier alpha value is -3.94. The monoisotopic (exact) mass is 473 g/mol. The Balaban J connectivity index is 1.75. The third kappa shape index (κ3) is 5.42. The number of furan rings is 1. The van der Waals surface area contributed by atoms with Crippen molar-refractivity contribution in [1.29, 1.82) is 0 Å². The Morgan fingerprint density at radius 1 is 1.03 bits per heavy atom. The third-order valence-corrected chi connectivity index (χ3v) is 5.91. The summed E-state index contributed by atoms with van der Waals surface area (Å²) in [5, 5.41) is 11.4. The van der Waals surface area contributed by atoms with Crippen LogP contribution < -0.4 is 10.2 Å². The fourth-order valence-electron chi connectivity index (χ4n) is 4.04. The van der Waals surface area contributed by atoms with E-state index in [0.29, 0.717) is 35.2 Å². The molecule has 2 heterocycles. The summed E-state index contributed by atoms with van der Waals surface area (Å²) in [6.45, 7) is 8.37. The van der Waals surface area contributed by atoms with Crippen molar-refractivity contribution in [3.63, 3.8) is 0 Å². The van der Waals surface area contributed by atoms with E-state index in [2.05, 4.69) is 29.5 Å². The van der Waals surface area contributed by atoms with E-state index in [4.69, 9.17) is 4.42 Å². The van der Waals surface area contributed by atoms with Gasteiger partial charge in [0.25, 0.3) is 5.91 Å². The van der Waals surface area contributed by atoms with Gasteiger partial charge in [-0.1, -0.05) is 49.4 Å². The second kappa shape index (κ2) is 10.5. The van der Waals surface area contributed by atoms with Gasteiger partial charge in [-0.15, -0.1) is 5.10 Å². The largest absolute Gasteiger partial charge is 0.464 e. The van der Waals surface area contributed by atoms with Gasteiger partial charge in [-0.3, -0.25) is 14.5 Å². The molecule has 2 aromatic carbocycles. The minimum Gasteiger partial charge on any atom is -0.464 e. The van der Waals surface area contributed by atoms with Crippen LogP contribution in [-0.4, -0.2) is 33.4 Å². The lowest BCUT2D eigenvalue weighted by molar-refractivity contribution is -0.127. The molecule has 8 nitrogen and oxygen atoms in total. The predicted octanol–water partition coefficient (Wildman–Crippen LogP) is 4.58. The topological polar surface area (TPSA) is 93.3 Å². The molecule has 8 heteroatoms. The Morgan fingerprint density at radius 2 is 1.77 bits per heavy atom. The molecular formula is C27H31N5O3. The lowest BCUT2D eigenvalue weighted by Crippen LogP contribution is -2.45. The second-order valence-corrected chi connectivity index (χ2v) is 9.11. The SMILES string of the molecule is Cc1ccc(C(C(=O)NCCC(C)C)N(C(=O)Cn2nnc3ccccc32)c2ccccc2C)o1. The van der Waals surface area contributed by atoms with Crippen molar-refractivity contribution in [2.75, 3.05) is 11.4 Å². The van der Waals surface area contributed by atoms with Gasteiger partial charge in [-0.05, 0) is 62.1 Å². The number of nitrogens with zero attached hydrogens (tertiary/aromatic N) is 4. The Labute approximate surface area is 204 Å². The zero-order chi connectivity index (χ0) is 24.9. The van der Waals surface area contributed by atoms with Crippen LogP contribution in [0.15, 0.2) is 65.1 Å². The minimum atomic E-state index is -0.973. The van der Waals surface area contributed by atoms with Gasteiger partial charge in [0.05, 0.1) is 5.52 Å². The summed E-state index contributed by atoms with van der Waals surface area (Å²) >= 11 is 0. The quantitative estimate of drug-likeness (QED) is 0.384. The van der Waals surface area contributed by atoms with Crippen molar-refractivity contribution >= 4 is 28.5 Å². The lowest BCUT2D eigenvalue weighted by Gasteiger charge is -2.31. The Morgan fingerprint density at radius 3 is 2.49 bits per heavy atom. The van der Waals surface area contributed by atoms with Crippen LogP contribution in [-0.2, 0) is 16.1 Å². The number of fused-ring (bicyclic) bond motifs is 1. The average Bonchev–Trinajstić information content (AvgIpc) is 3.44. The summed E-state index contributed by atoms with van der Waals surface area (Å²) in [5.74, 6) is 0.923.